The van der Waals surface area contributed by atoms with Crippen LogP contribution in [0.4, 0.5) is 4.79 Å². The SMILES string of the molecule is O=C(NCC1CSCCS1)Oc1ccccc1. The number of carbonyl (C=O) groups excluding carboxylic acids is 1. The Morgan fingerprint density at radius 3 is 2.88 bits per heavy atom. The van der Waals surface area contributed by atoms with Crippen LogP contribution in [0.3, 0.4) is 0 Å². The molecule has 1 N–H and O–H groups in total. The molecule has 0 aromatic heterocycles. The Bertz CT molecular complexity index is 353. The number of rotatable bonds is 3. The molecule has 0 spiro atoms. The van der Waals surface area contributed by atoms with Crippen molar-refractivity contribution >= 4 is 29.6 Å². The number of benzene rings is 1. The number of ether oxygens (including phenoxy) is 1. The molecule has 1 aliphatic heterocycles. The standard InChI is InChI=1S/C12H15NO2S2/c14-12(15-10-4-2-1-3-5-10)13-8-11-9-16-6-7-17-11/h1-5,11H,6-9H2,(H,13,14). The molecule has 0 saturated carbocycles. The highest BCUT2D eigenvalue weighted by Gasteiger charge is 2.15. The molecule has 1 aromatic carbocycles. The number of thioether (sulfide) groups is 2. The topological polar surface area (TPSA) is 38.3 Å². The van der Waals surface area contributed by atoms with E-state index >= 15 is 0 Å². The first kappa shape index (κ1) is 12.6. The Kier molecular flexibility index (Phi) is 5.07. The van der Waals surface area contributed by atoms with Crippen molar-refractivity contribution < 1.29 is 9.53 Å². The van der Waals surface area contributed by atoms with Gasteiger partial charge in [0, 0.05) is 29.1 Å². The van der Waals surface area contributed by atoms with Gasteiger partial charge in [0.05, 0.1) is 0 Å². The Labute approximate surface area is 110 Å². The summed E-state index contributed by atoms with van der Waals surface area (Å²) in [7, 11) is 0. The van der Waals surface area contributed by atoms with E-state index in [-0.39, 0.29) is 6.09 Å². The van der Waals surface area contributed by atoms with Crippen LogP contribution in [0.2, 0.25) is 0 Å². The average molecular weight is 269 g/mol. The van der Waals surface area contributed by atoms with Crippen LogP contribution in [0.1, 0.15) is 0 Å². The molecule has 1 atom stereocenters. The molecule has 1 unspecified atom stereocenters. The molecular formula is C12H15NO2S2. The average Bonchev–Trinajstić information content (AvgIpc) is 2.39. The molecule has 0 radical (unpaired) electrons. The van der Waals surface area contributed by atoms with Crippen molar-refractivity contribution in [3.05, 3.63) is 30.3 Å². The Morgan fingerprint density at radius 1 is 1.35 bits per heavy atom. The van der Waals surface area contributed by atoms with E-state index in [1.54, 1.807) is 12.1 Å². The third-order valence-electron chi connectivity index (χ3n) is 2.31. The van der Waals surface area contributed by atoms with Crippen molar-refractivity contribution in [2.24, 2.45) is 0 Å². The Balaban J connectivity index is 1.70. The minimum Gasteiger partial charge on any atom is -0.410 e. The summed E-state index contributed by atoms with van der Waals surface area (Å²) >= 11 is 3.87. The summed E-state index contributed by atoms with van der Waals surface area (Å²) in [5.74, 6) is 4.08. The highest BCUT2D eigenvalue weighted by molar-refractivity contribution is 8.06. The van der Waals surface area contributed by atoms with Crippen LogP contribution in [0.5, 0.6) is 5.75 Å². The first-order valence-electron chi connectivity index (χ1n) is 5.54. The summed E-state index contributed by atoms with van der Waals surface area (Å²) in [6.07, 6.45) is -0.368. The molecule has 3 nitrogen and oxygen atoms in total. The minimum absolute atomic E-state index is 0.368. The Morgan fingerprint density at radius 2 is 2.18 bits per heavy atom. The second-order valence-electron chi connectivity index (χ2n) is 3.65. The van der Waals surface area contributed by atoms with Gasteiger partial charge < -0.3 is 10.1 Å². The first-order valence-corrected chi connectivity index (χ1v) is 7.75. The maximum absolute atomic E-state index is 11.5. The zero-order chi connectivity index (χ0) is 11.9. The summed E-state index contributed by atoms with van der Waals surface area (Å²) in [5, 5.41) is 3.32. The molecule has 0 bridgehead atoms. The monoisotopic (exact) mass is 269 g/mol. The van der Waals surface area contributed by atoms with Gasteiger partial charge in [-0.25, -0.2) is 4.79 Å². The van der Waals surface area contributed by atoms with Crippen molar-refractivity contribution in [3.8, 4) is 5.75 Å². The zero-order valence-corrected chi connectivity index (χ0v) is 11.1. The van der Waals surface area contributed by atoms with Gasteiger partial charge in [-0.3, -0.25) is 0 Å². The highest BCUT2D eigenvalue weighted by Crippen LogP contribution is 2.23. The lowest BCUT2D eigenvalue weighted by Gasteiger charge is -2.20. The summed E-state index contributed by atoms with van der Waals surface area (Å²) < 4.78 is 5.14. The van der Waals surface area contributed by atoms with Crippen molar-refractivity contribution in [2.75, 3.05) is 23.8 Å². The summed E-state index contributed by atoms with van der Waals surface area (Å²) in [4.78, 5) is 11.5. The molecule has 1 aromatic rings. The third-order valence-corrected chi connectivity index (χ3v) is 5.16. The summed E-state index contributed by atoms with van der Waals surface area (Å²) in [6, 6.07) is 9.11. The summed E-state index contributed by atoms with van der Waals surface area (Å²) in [6.45, 7) is 0.684. The van der Waals surface area contributed by atoms with Crippen molar-refractivity contribution in [3.63, 3.8) is 0 Å². The quantitative estimate of drug-likeness (QED) is 0.915. The summed E-state index contributed by atoms with van der Waals surface area (Å²) in [5.41, 5.74) is 0. The van der Waals surface area contributed by atoms with Gasteiger partial charge in [-0.15, -0.1) is 0 Å². The number of hydrogen-bond donors (Lipinski definition) is 1. The van der Waals surface area contributed by atoms with E-state index in [1.165, 1.54) is 11.5 Å². The van der Waals surface area contributed by atoms with Gasteiger partial charge in [-0.2, -0.15) is 23.5 Å². The molecule has 5 heteroatoms. The lowest BCUT2D eigenvalue weighted by Crippen LogP contribution is -2.35. The predicted octanol–water partition coefficient (Wildman–Crippen LogP) is 2.62. The third kappa shape index (κ3) is 4.52. The fourth-order valence-corrected chi connectivity index (χ4v) is 4.10. The normalized spacial score (nSPS) is 19.6. The molecule has 1 aliphatic rings. The second-order valence-corrected chi connectivity index (χ2v) is 6.21. The fraction of sp³-hybridized carbons (Fsp3) is 0.417. The largest absolute Gasteiger partial charge is 0.412 e. The van der Waals surface area contributed by atoms with E-state index in [0.29, 0.717) is 17.5 Å². The van der Waals surface area contributed by atoms with Crippen LogP contribution in [-0.2, 0) is 0 Å². The molecule has 1 saturated heterocycles. The number of hydrogen-bond acceptors (Lipinski definition) is 4. The van der Waals surface area contributed by atoms with E-state index in [1.807, 2.05) is 41.7 Å². The van der Waals surface area contributed by atoms with Crippen molar-refractivity contribution in [2.45, 2.75) is 5.25 Å². The lowest BCUT2D eigenvalue weighted by atomic mass is 10.3. The van der Waals surface area contributed by atoms with E-state index in [2.05, 4.69) is 5.32 Å². The molecule has 2 rings (SSSR count). The fourth-order valence-electron chi connectivity index (χ4n) is 1.48. The van der Waals surface area contributed by atoms with E-state index in [9.17, 15) is 4.79 Å². The van der Waals surface area contributed by atoms with Crippen LogP contribution >= 0.6 is 23.5 Å². The van der Waals surface area contributed by atoms with Gasteiger partial charge in [0.1, 0.15) is 5.75 Å². The molecular weight excluding hydrogens is 254 g/mol. The number of carbonyl (C=O) groups is 1. The van der Waals surface area contributed by atoms with E-state index < -0.39 is 0 Å². The smallest absolute Gasteiger partial charge is 0.410 e. The van der Waals surface area contributed by atoms with Gasteiger partial charge >= 0.3 is 6.09 Å². The lowest BCUT2D eigenvalue weighted by molar-refractivity contribution is 0.200. The van der Waals surface area contributed by atoms with E-state index in [0.717, 1.165) is 5.75 Å². The molecule has 92 valence electrons. The van der Waals surface area contributed by atoms with Crippen LogP contribution in [-0.4, -0.2) is 35.1 Å². The number of para-hydroxylation sites is 1. The first-order chi connectivity index (χ1) is 8.34. The maximum atomic E-state index is 11.5. The van der Waals surface area contributed by atoms with Gasteiger partial charge in [-0.05, 0) is 12.1 Å². The van der Waals surface area contributed by atoms with Crippen molar-refractivity contribution in [1.29, 1.82) is 0 Å². The second kappa shape index (κ2) is 6.81. The minimum atomic E-state index is -0.368. The molecule has 1 fully saturated rings. The van der Waals surface area contributed by atoms with Crippen LogP contribution in [0.25, 0.3) is 0 Å². The highest BCUT2D eigenvalue weighted by atomic mass is 32.2. The molecule has 1 amide bonds. The predicted molar refractivity (Wildman–Crippen MR) is 74.0 cm³/mol. The van der Waals surface area contributed by atoms with Crippen LogP contribution in [0, 0.1) is 0 Å². The van der Waals surface area contributed by atoms with Crippen molar-refractivity contribution in [1.82, 2.24) is 5.32 Å². The molecule has 0 aliphatic carbocycles. The van der Waals surface area contributed by atoms with Gasteiger partial charge in [-0.1, -0.05) is 18.2 Å². The molecule has 17 heavy (non-hydrogen) atoms. The zero-order valence-electron chi connectivity index (χ0n) is 9.43. The van der Waals surface area contributed by atoms with Gasteiger partial charge in [0.2, 0.25) is 0 Å². The Hall–Kier alpha value is -0.810. The molecule has 1 heterocycles. The van der Waals surface area contributed by atoms with Gasteiger partial charge in [0.15, 0.2) is 0 Å². The van der Waals surface area contributed by atoms with Crippen LogP contribution < -0.4 is 10.1 Å². The van der Waals surface area contributed by atoms with Crippen LogP contribution in [0.15, 0.2) is 30.3 Å². The number of amides is 1. The maximum Gasteiger partial charge on any atom is 0.412 e. The number of nitrogens with one attached hydrogen (secondary N) is 1. The van der Waals surface area contributed by atoms with E-state index in [4.69, 9.17) is 4.74 Å². The van der Waals surface area contributed by atoms with Gasteiger partial charge in [0.25, 0.3) is 0 Å².